The number of aliphatic hydroxyl groups excluding tert-OH is 1. The molecule has 1 fully saturated rings. The molecule has 12 heteroatoms. The minimum atomic E-state index is -1.66. The van der Waals surface area contributed by atoms with Gasteiger partial charge >= 0.3 is 0 Å². The van der Waals surface area contributed by atoms with Crippen molar-refractivity contribution >= 4 is 17.1 Å². The number of nitriles is 1. The maximum Gasteiger partial charge on any atom is 0.255 e. The topological polar surface area (TPSA) is 157 Å². The van der Waals surface area contributed by atoms with Crippen LogP contribution in [0.2, 0.25) is 0 Å². The average molecular weight is 540 g/mol. The zero-order valence-corrected chi connectivity index (χ0v) is 22.2. The highest BCUT2D eigenvalue weighted by Gasteiger charge is 2.29. The van der Waals surface area contributed by atoms with E-state index >= 15 is 0 Å². The lowest BCUT2D eigenvalue weighted by molar-refractivity contribution is -0.158. The van der Waals surface area contributed by atoms with Gasteiger partial charge in [0.2, 0.25) is 6.41 Å². The number of hydrogen-bond acceptors (Lipinski definition) is 9. The van der Waals surface area contributed by atoms with Gasteiger partial charge in [-0.25, -0.2) is 8.91 Å². The first-order chi connectivity index (χ1) is 18.6. The number of carbonyl (C=O) groups is 1. The lowest BCUT2D eigenvalue weighted by atomic mass is 9.92. The maximum absolute atomic E-state index is 14.3. The quantitative estimate of drug-likeness (QED) is 0.244. The molecule has 5 N–H and O–H groups in total. The number of amides is 1. The van der Waals surface area contributed by atoms with Gasteiger partial charge in [-0.15, -0.1) is 0 Å². The predicted molar refractivity (Wildman–Crippen MR) is 142 cm³/mol. The van der Waals surface area contributed by atoms with Gasteiger partial charge in [-0.1, -0.05) is 0 Å². The molecule has 0 saturated heterocycles. The lowest BCUT2D eigenvalue weighted by Crippen LogP contribution is -2.42. The molecule has 1 aliphatic rings. The van der Waals surface area contributed by atoms with Crippen LogP contribution in [0, 0.1) is 11.3 Å². The average Bonchev–Trinajstić information content (AvgIpc) is 3.34. The van der Waals surface area contributed by atoms with Crippen molar-refractivity contribution in [1.82, 2.24) is 25.2 Å². The summed E-state index contributed by atoms with van der Waals surface area (Å²) in [5.74, 6) is -0.533. The van der Waals surface area contributed by atoms with Gasteiger partial charge in [0, 0.05) is 12.2 Å². The van der Waals surface area contributed by atoms with Crippen molar-refractivity contribution in [1.29, 1.82) is 5.26 Å². The molecule has 4 atom stereocenters. The van der Waals surface area contributed by atoms with E-state index in [2.05, 4.69) is 32.1 Å². The highest BCUT2D eigenvalue weighted by molar-refractivity contribution is 6.00. The van der Waals surface area contributed by atoms with Gasteiger partial charge in [0.05, 0.1) is 58.2 Å². The molecule has 208 valence electrons. The number of hydrogen-bond donors (Lipinski definition) is 5. The van der Waals surface area contributed by atoms with Crippen molar-refractivity contribution in [3.05, 3.63) is 47.8 Å². The second-order valence-electron chi connectivity index (χ2n) is 10.3. The number of fused-ring (bicyclic) bond motifs is 1. The summed E-state index contributed by atoms with van der Waals surface area (Å²) in [7, 11) is 1.60. The molecular formula is C27H34FN7O4. The Hall–Kier alpha value is -3.63. The van der Waals surface area contributed by atoms with Crippen LogP contribution >= 0.6 is 0 Å². The molecular weight excluding hydrogens is 505 g/mol. The van der Waals surface area contributed by atoms with Gasteiger partial charge in [-0.2, -0.15) is 10.4 Å². The summed E-state index contributed by atoms with van der Waals surface area (Å²) in [4.78, 5) is 17.6. The van der Waals surface area contributed by atoms with Crippen LogP contribution in [0.4, 0.5) is 10.1 Å². The third-order valence-corrected chi connectivity index (χ3v) is 6.80. The van der Waals surface area contributed by atoms with E-state index in [1.807, 2.05) is 12.1 Å². The van der Waals surface area contributed by atoms with Gasteiger partial charge in [-0.05, 0) is 70.8 Å². The Morgan fingerprint density at radius 1 is 1.33 bits per heavy atom. The molecule has 0 radical (unpaired) electrons. The van der Waals surface area contributed by atoms with Crippen molar-refractivity contribution in [3.8, 4) is 17.5 Å². The summed E-state index contributed by atoms with van der Waals surface area (Å²) in [5.41, 5.74) is 1.49. The fourth-order valence-corrected chi connectivity index (χ4v) is 4.55. The molecule has 1 saturated carbocycles. The first-order valence-corrected chi connectivity index (χ1v) is 12.9. The van der Waals surface area contributed by atoms with Crippen LogP contribution < -0.4 is 16.0 Å². The van der Waals surface area contributed by atoms with E-state index in [0.29, 0.717) is 29.1 Å². The van der Waals surface area contributed by atoms with Gasteiger partial charge in [-0.3, -0.25) is 15.1 Å². The van der Waals surface area contributed by atoms with Crippen LogP contribution in [0.1, 0.15) is 55.5 Å². The van der Waals surface area contributed by atoms with Crippen LogP contribution in [-0.4, -0.2) is 74.6 Å². The van der Waals surface area contributed by atoms with Crippen LogP contribution in [0.5, 0.6) is 0 Å². The SMILES string of the molecule is CNC(O)O[C@@H]1CCC[C@H](Nc2cc(-c3ccc4cc(C#N)cnn34)ncc2C(=O)NC[C@@H](F)C(C)(C)O)C1. The Labute approximate surface area is 226 Å². The fraction of sp³-hybridized carbons (Fsp3) is 0.481. The van der Waals surface area contributed by atoms with Crippen LogP contribution in [0.3, 0.4) is 0 Å². The molecule has 4 rings (SSSR count). The zero-order valence-electron chi connectivity index (χ0n) is 22.2. The van der Waals surface area contributed by atoms with Crippen molar-refractivity contribution < 1.29 is 24.1 Å². The number of halogens is 1. The second-order valence-corrected chi connectivity index (χ2v) is 10.3. The largest absolute Gasteiger partial charge is 0.387 e. The Balaban J connectivity index is 1.63. The normalized spacial score (nSPS) is 19.3. The summed E-state index contributed by atoms with van der Waals surface area (Å²) < 4.78 is 21.6. The summed E-state index contributed by atoms with van der Waals surface area (Å²) in [6.45, 7) is 2.32. The Kier molecular flexibility index (Phi) is 8.76. The Morgan fingerprint density at radius 2 is 2.13 bits per heavy atom. The Morgan fingerprint density at radius 3 is 2.85 bits per heavy atom. The Bertz CT molecular complexity index is 1350. The standard InChI is InChI=1S/C27H34FN7O4/c1-27(2,38)24(28)15-32-25(36)20-14-31-22(23-8-7-18-9-16(12-29)13-33-35(18)23)11-21(20)34-17-5-4-6-19(10-17)39-26(37)30-3/h7-9,11,13-14,17,19,24,26,30,37-38H,4-6,10,15H2,1-3H3,(H,31,34)(H,32,36)/t17-,19+,24+,26?/m0/s1. The molecule has 1 aliphatic carbocycles. The molecule has 1 amide bonds. The minimum absolute atomic E-state index is 0.0553. The van der Waals surface area contributed by atoms with Crippen LogP contribution in [-0.2, 0) is 4.74 Å². The van der Waals surface area contributed by atoms with E-state index in [1.165, 1.54) is 26.2 Å². The molecule has 39 heavy (non-hydrogen) atoms. The van der Waals surface area contributed by atoms with Crippen LogP contribution in [0.15, 0.2) is 36.7 Å². The third kappa shape index (κ3) is 6.88. The number of nitrogens with one attached hydrogen (secondary N) is 3. The van der Waals surface area contributed by atoms with E-state index in [-0.39, 0.29) is 24.3 Å². The summed E-state index contributed by atoms with van der Waals surface area (Å²) in [6.07, 6.45) is 3.09. The predicted octanol–water partition coefficient (Wildman–Crippen LogP) is 2.34. The summed E-state index contributed by atoms with van der Waals surface area (Å²) in [6, 6.07) is 9.13. The van der Waals surface area contributed by atoms with Gasteiger partial charge in [0.15, 0.2) is 0 Å². The van der Waals surface area contributed by atoms with Crippen molar-refractivity contribution in [3.63, 3.8) is 0 Å². The number of pyridine rings is 1. The summed E-state index contributed by atoms with van der Waals surface area (Å²) in [5, 5.41) is 41.9. The number of alkyl halides is 1. The maximum atomic E-state index is 14.3. The van der Waals surface area contributed by atoms with Gasteiger partial charge in [0.25, 0.3) is 5.91 Å². The van der Waals surface area contributed by atoms with E-state index in [0.717, 1.165) is 24.8 Å². The van der Waals surface area contributed by atoms with Crippen molar-refractivity contribution in [2.24, 2.45) is 0 Å². The molecule has 3 aromatic heterocycles. The van der Waals surface area contributed by atoms with E-state index < -0.39 is 24.1 Å². The van der Waals surface area contributed by atoms with Gasteiger partial charge in [0.1, 0.15) is 12.2 Å². The number of anilines is 1. The van der Waals surface area contributed by atoms with E-state index in [9.17, 15) is 24.7 Å². The first-order valence-electron chi connectivity index (χ1n) is 12.9. The molecule has 0 aromatic carbocycles. The summed E-state index contributed by atoms with van der Waals surface area (Å²) >= 11 is 0. The molecule has 3 aromatic rings. The first kappa shape index (κ1) is 28.4. The molecule has 0 bridgehead atoms. The number of nitrogens with zero attached hydrogens (tertiary/aromatic N) is 4. The van der Waals surface area contributed by atoms with E-state index in [1.54, 1.807) is 23.7 Å². The number of ether oxygens (including phenoxy) is 1. The highest BCUT2D eigenvalue weighted by Crippen LogP contribution is 2.29. The number of aromatic nitrogens is 3. The molecule has 0 spiro atoms. The molecule has 1 unspecified atom stereocenters. The minimum Gasteiger partial charge on any atom is -0.387 e. The van der Waals surface area contributed by atoms with Crippen molar-refractivity contribution in [2.75, 3.05) is 18.9 Å². The highest BCUT2D eigenvalue weighted by atomic mass is 19.1. The van der Waals surface area contributed by atoms with Crippen LogP contribution in [0.25, 0.3) is 16.9 Å². The number of aliphatic hydroxyl groups is 2. The third-order valence-electron chi connectivity index (χ3n) is 6.80. The molecule has 3 heterocycles. The van der Waals surface area contributed by atoms with Crippen molar-refractivity contribution in [2.45, 2.75) is 69.9 Å². The lowest BCUT2D eigenvalue weighted by Gasteiger charge is -2.32. The second kappa shape index (κ2) is 12.0. The zero-order chi connectivity index (χ0) is 28.2. The van der Waals surface area contributed by atoms with Gasteiger partial charge < -0.3 is 25.6 Å². The molecule has 11 nitrogen and oxygen atoms in total. The monoisotopic (exact) mass is 539 g/mol. The van der Waals surface area contributed by atoms with E-state index in [4.69, 9.17) is 4.74 Å². The number of carbonyl (C=O) groups excluding carboxylic acids is 1. The fourth-order valence-electron chi connectivity index (χ4n) is 4.55. The smallest absolute Gasteiger partial charge is 0.255 e. The molecule has 0 aliphatic heterocycles. The number of rotatable bonds is 10.